The number of benzene rings is 4. The summed E-state index contributed by atoms with van der Waals surface area (Å²) < 4.78 is 2.24. The molecule has 196 valence electrons. The van der Waals surface area contributed by atoms with Gasteiger partial charge in [0.25, 0.3) is 0 Å². The van der Waals surface area contributed by atoms with Crippen molar-refractivity contribution in [1.29, 1.82) is 10.5 Å². The zero-order valence-corrected chi connectivity index (χ0v) is 24.7. The predicted molar refractivity (Wildman–Crippen MR) is 173 cm³/mol. The molecule has 0 bridgehead atoms. The summed E-state index contributed by atoms with van der Waals surface area (Å²) in [5, 5.41) is 24.1. The molecular weight excluding hydrogens is 597 g/mol. The first kappa shape index (κ1) is 24.9. The summed E-state index contributed by atoms with van der Waals surface area (Å²) in [6.07, 6.45) is 3.76. The molecule has 0 radical (unpaired) electrons. The van der Waals surface area contributed by atoms with Crippen LogP contribution in [0.3, 0.4) is 0 Å². The van der Waals surface area contributed by atoms with Gasteiger partial charge in [0.1, 0.15) is 20.0 Å². The van der Waals surface area contributed by atoms with E-state index in [0.717, 1.165) is 72.1 Å². The SMILES string of the molecule is N#Cc1ccc(-c2ncc(-c3nc4cc5cc6sc(-c7cnc(-c8ccc(C#N)cc8)s7)nc6cc5cc4s3)s2)cc1. The van der Waals surface area contributed by atoms with E-state index < -0.39 is 0 Å². The lowest BCUT2D eigenvalue weighted by Gasteiger charge is -1.97. The number of fused-ring (bicyclic) bond motifs is 3. The molecule has 42 heavy (non-hydrogen) atoms. The fourth-order valence-corrected chi connectivity index (χ4v) is 8.61. The third kappa shape index (κ3) is 4.35. The summed E-state index contributed by atoms with van der Waals surface area (Å²) in [4.78, 5) is 21.2. The standard InChI is InChI=1S/C32H14N6S4/c33-13-17-1-5-19(6-2-17)29-35-15-27(41-29)31-37-23-9-21-12-26-24(10-22(21)11-25(23)39-31)38-32(40-26)28-16-36-30(42-28)20-7-3-18(14-34)4-8-20/h1-12,15-16H. The molecule has 4 aromatic carbocycles. The van der Waals surface area contributed by atoms with E-state index in [-0.39, 0.29) is 0 Å². The highest BCUT2D eigenvalue weighted by Gasteiger charge is 2.15. The molecular formula is C32H14N6S4. The summed E-state index contributed by atoms with van der Waals surface area (Å²) in [5.74, 6) is 0. The zero-order chi connectivity index (χ0) is 28.2. The van der Waals surface area contributed by atoms with Gasteiger partial charge in [-0.2, -0.15) is 10.5 Å². The highest BCUT2D eigenvalue weighted by atomic mass is 32.1. The number of hydrogen-bond acceptors (Lipinski definition) is 10. The summed E-state index contributed by atoms with van der Waals surface area (Å²) in [6, 6.07) is 28.0. The van der Waals surface area contributed by atoms with Gasteiger partial charge < -0.3 is 0 Å². The summed E-state index contributed by atoms with van der Waals surface area (Å²) in [5.41, 5.74) is 5.19. The van der Waals surface area contributed by atoms with Crippen molar-refractivity contribution in [2.75, 3.05) is 0 Å². The molecule has 0 aliphatic carbocycles. The average Bonchev–Trinajstić information content (AvgIpc) is 3.84. The number of hydrogen-bond donors (Lipinski definition) is 0. The quantitative estimate of drug-likeness (QED) is 0.197. The Hall–Kier alpha value is -4.84. The van der Waals surface area contributed by atoms with E-state index in [9.17, 15) is 0 Å². The molecule has 8 aromatic rings. The average molecular weight is 611 g/mol. The van der Waals surface area contributed by atoms with E-state index in [4.69, 9.17) is 20.5 Å². The normalized spacial score (nSPS) is 11.3. The van der Waals surface area contributed by atoms with Gasteiger partial charge in [0, 0.05) is 23.5 Å². The minimum Gasteiger partial charge on any atom is -0.244 e. The van der Waals surface area contributed by atoms with Crippen LogP contribution in [0, 0.1) is 22.7 Å². The van der Waals surface area contributed by atoms with Crippen LogP contribution in [0.25, 0.3) is 72.1 Å². The van der Waals surface area contributed by atoms with E-state index >= 15 is 0 Å². The second kappa shape index (κ2) is 9.91. The van der Waals surface area contributed by atoms with Gasteiger partial charge >= 0.3 is 0 Å². The second-order valence-corrected chi connectivity index (χ2v) is 13.6. The number of nitriles is 2. The van der Waals surface area contributed by atoms with Gasteiger partial charge in [-0.1, -0.05) is 24.3 Å². The van der Waals surface area contributed by atoms with Crippen molar-refractivity contribution < 1.29 is 0 Å². The van der Waals surface area contributed by atoms with Crippen LogP contribution in [0.4, 0.5) is 0 Å². The second-order valence-electron chi connectivity index (χ2n) is 9.46. The maximum atomic E-state index is 9.06. The number of aromatic nitrogens is 4. The van der Waals surface area contributed by atoms with E-state index in [1.54, 1.807) is 45.3 Å². The fourth-order valence-electron chi connectivity index (χ4n) is 4.69. The van der Waals surface area contributed by atoms with Gasteiger partial charge in [-0.3, -0.25) is 0 Å². The van der Waals surface area contributed by atoms with Crippen LogP contribution in [0.5, 0.6) is 0 Å². The first-order chi connectivity index (χ1) is 20.6. The first-order valence-electron chi connectivity index (χ1n) is 12.7. The minimum absolute atomic E-state index is 0.636. The topological polar surface area (TPSA) is 99.1 Å². The van der Waals surface area contributed by atoms with Crippen molar-refractivity contribution in [2.24, 2.45) is 0 Å². The maximum absolute atomic E-state index is 9.06. The summed E-state index contributed by atoms with van der Waals surface area (Å²) in [6.45, 7) is 0. The Kier molecular flexibility index (Phi) is 5.88. The number of rotatable bonds is 4. The molecule has 10 heteroatoms. The molecule has 8 rings (SSSR count). The molecule has 6 nitrogen and oxygen atoms in total. The van der Waals surface area contributed by atoms with E-state index in [2.05, 4.69) is 46.4 Å². The van der Waals surface area contributed by atoms with Gasteiger partial charge in [0.05, 0.1) is 53.5 Å². The lowest BCUT2D eigenvalue weighted by Crippen LogP contribution is -1.76. The lowest BCUT2D eigenvalue weighted by molar-refractivity contribution is 1.40. The monoisotopic (exact) mass is 610 g/mol. The van der Waals surface area contributed by atoms with Crippen molar-refractivity contribution in [3.63, 3.8) is 0 Å². The fraction of sp³-hybridized carbons (Fsp3) is 0. The minimum atomic E-state index is 0.636. The van der Waals surface area contributed by atoms with Gasteiger partial charge in [-0.25, -0.2) is 19.9 Å². The van der Waals surface area contributed by atoms with Crippen LogP contribution in [0.1, 0.15) is 11.1 Å². The highest BCUT2D eigenvalue weighted by Crippen LogP contribution is 2.40. The Labute approximate surface area is 255 Å². The molecule has 4 heterocycles. The number of thiazole rings is 4. The molecule has 0 aliphatic rings. The highest BCUT2D eigenvalue weighted by molar-refractivity contribution is 7.27. The van der Waals surface area contributed by atoms with Crippen molar-refractivity contribution >= 4 is 76.6 Å². The van der Waals surface area contributed by atoms with Gasteiger partial charge in [-0.05, 0) is 59.3 Å². The lowest BCUT2D eigenvalue weighted by atomic mass is 10.1. The summed E-state index contributed by atoms with van der Waals surface area (Å²) >= 11 is 6.54. The number of nitrogens with zero attached hydrogens (tertiary/aromatic N) is 6. The van der Waals surface area contributed by atoms with Gasteiger partial charge in [0.15, 0.2) is 0 Å². The molecule has 0 saturated heterocycles. The third-order valence-electron chi connectivity index (χ3n) is 6.81. The molecule has 0 unspecified atom stereocenters. The Morgan fingerprint density at radius 1 is 0.500 bits per heavy atom. The first-order valence-corrected chi connectivity index (χ1v) is 16.0. The maximum Gasteiger partial charge on any atom is 0.136 e. The Morgan fingerprint density at radius 3 is 1.33 bits per heavy atom. The van der Waals surface area contributed by atoms with Crippen LogP contribution in [0.15, 0.2) is 85.2 Å². The Bertz CT molecular complexity index is 2140. The molecule has 0 fully saturated rings. The van der Waals surface area contributed by atoms with Crippen molar-refractivity contribution in [3.8, 4) is 53.1 Å². The molecule has 0 spiro atoms. The van der Waals surface area contributed by atoms with Gasteiger partial charge in [0.2, 0.25) is 0 Å². The molecule has 0 saturated carbocycles. The molecule has 0 N–H and O–H groups in total. The molecule has 0 aliphatic heterocycles. The van der Waals surface area contributed by atoms with Crippen molar-refractivity contribution in [3.05, 3.63) is 96.3 Å². The molecule has 0 amide bonds. The van der Waals surface area contributed by atoms with Crippen LogP contribution in [0.2, 0.25) is 0 Å². The predicted octanol–water partition coefficient (Wildman–Crippen LogP) is 9.38. The van der Waals surface area contributed by atoms with Gasteiger partial charge in [-0.15, -0.1) is 45.3 Å². The van der Waals surface area contributed by atoms with Crippen LogP contribution >= 0.6 is 45.3 Å². The van der Waals surface area contributed by atoms with E-state index in [1.807, 2.05) is 60.9 Å². The van der Waals surface area contributed by atoms with Crippen molar-refractivity contribution in [2.45, 2.75) is 0 Å². The van der Waals surface area contributed by atoms with Crippen LogP contribution in [-0.2, 0) is 0 Å². The zero-order valence-electron chi connectivity index (χ0n) is 21.4. The molecule has 0 atom stereocenters. The largest absolute Gasteiger partial charge is 0.244 e. The van der Waals surface area contributed by atoms with Crippen LogP contribution < -0.4 is 0 Å². The smallest absolute Gasteiger partial charge is 0.136 e. The van der Waals surface area contributed by atoms with E-state index in [0.29, 0.717) is 11.1 Å². The Balaban J connectivity index is 1.11. The third-order valence-corrected chi connectivity index (χ3v) is 11.3. The van der Waals surface area contributed by atoms with Crippen LogP contribution in [-0.4, -0.2) is 19.9 Å². The van der Waals surface area contributed by atoms with E-state index in [1.165, 1.54) is 0 Å². The Morgan fingerprint density at radius 2 is 0.929 bits per heavy atom. The molecule has 4 aromatic heterocycles. The summed E-state index contributed by atoms with van der Waals surface area (Å²) in [7, 11) is 0. The van der Waals surface area contributed by atoms with Crippen molar-refractivity contribution in [1.82, 2.24) is 19.9 Å².